The van der Waals surface area contributed by atoms with Crippen molar-refractivity contribution >= 4 is 22.6 Å². The third-order valence-electron chi connectivity index (χ3n) is 3.89. The average molecular weight is 382 g/mol. The number of benzene rings is 2. The first-order chi connectivity index (χ1) is 12.9. The lowest BCUT2D eigenvalue weighted by Crippen LogP contribution is -2.34. The van der Waals surface area contributed by atoms with E-state index in [1.165, 1.54) is 21.8 Å². The summed E-state index contributed by atoms with van der Waals surface area (Å²) in [6.45, 7) is 1.50. The summed E-state index contributed by atoms with van der Waals surface area (Å²) < 4.78 is 35.7. The predicted molar refractivity (Wildman–Crippen MR) is 94.4 cm³/mol. The van der Waals surface area contributed by atoms with Crippen LogP contribution in [-0.2, 0) is 21.0 Å². The Balaban J connectivity index is 1.54. The standard InChI is InChI=1S/C19H21F3N2O3/c20-19(21,22)18(26)27-24-17(25)8-2-1-5-11-23-13-14-9-10-15-6-3-4-7-16(15)12-14/h3-4,6-7,9-10,12,23H,1-2,5,8,11,13H2,(H,24,25). The summed E-state index contributed by atoms with van der Waals surface area (Å²) in [5.41, 5.74) is 2.68. The van der Waals surface area contributed by atoms with Crippen molar-refractivity contribution in [2.75, 3.05) is 6.54 Å². The van der Waals surface area contributed by atoms with Gasteiger partial charge in [-0.1, -0.05) is 42.8 Å². The minimum Gasteiger partial charge on any atom is -0.332 e. The van der Waals surface area contributed by atoms with Crippen LogP contribution >= 0.6 is 0 Å². The van der Waals surface area contributed by atoms with Crippen molar-refractivity contribution in [1.82, 2.24) is 10.8 Å². The van der Waals surface area contributed by atoms with Crippen LogP contribution < -0.4 is 10.8 Å². The van der Waals surface area contributed by atoms with Gasteiger partial charge in [-0.2, -0.15) is 18.7 Å². The van der Waals surface area contributed by atoms with E-state index in [1.54, 1.807) is 0 Å². The van der Waals surface area contributed by atoms with Crippen molar-refractivity contribution in [3.8, 4) is 0 Å². The number of amides is 1. The molecule has 0 atom stereocenters. The van der Waals surface area contributed by atoms with Crippen LogP contribution in [0.5, 0.6) is 0 Å². The number of fused-ring (bicyclic) bond motifs is 1. The number of hydrogen-bond acceptors (Lipinski definition) is 4. The molecule has 0 heterocycles. The van der Waals surface area contributed by atoms with Gasteiger partial charge in [0.2, 0.25) is 0 Å². The maximum Gasteiger partial charge on any atom is 0.493 e. The Bertz CT molecular complexity index is 778. The Morgan fingerprint density at radius 2 is 1.70 bits per heavy atom. The van der Waals surface area contributed by atoms with E-state index in [1.807, 2.05) is 12.1 Å². The molecule has 0 saturated heterocycles. The fourth-order valence-corrected chi connectivity index (χ4v) is 2.51. The van der Waals surface area contributed by atoms with E-state index in [4.69, 9.17) is 0 Å². The zero-order valence-corrected chi connectivity index (χ0v) is 14.6. The lowest BCUT2D eigenvalue weighted by Gasteiger charge is -2.08. The van der Waals surface area contributed by atoms with Crippen molar-refractivity contribution in [3.63, 3.8) is 0 Å². The van der Waals surface area contributed by atoms with E-state index in [-0.39, 0.29) is 6.42 Å². The van der Waals surface area contributed by atoms with Crippen molar-refractivity contribution in [2.45, 2.75) is 38.4 Å². The number of carbonyl (C=O) groups is 2. The highest BCUT2D eigenvalue weighted by molar-refractivity contribution is 5.83. The molecule has 146 valence electrons. The van der Waals surface area contributed by atoms with Gasteiger partial charge in [-0.15, -0.1) is 0 Å². The monoisotopic (exact) mass is 382 g/mol. The number of hydrogen-bond donors (Lipinski definition) is 2. The Morgan fingerprint density at radius 1 is 0.963 bits per heavy atom. The zero-order valence-electron chi connectivity index (χ0n) is 14.6. The van der Waals surface area contributed by atoms with Crippen molar-refractivity contribution < 1.29 is 27.6 Å². The fraction of sp³-hybridized carbons (Fsp3) is 0.368. The van der Waals surface area contributed by atoms with Crippen LogP contribution in [0.2, 0.25) is 0 Å². The normalized spacial score (nSPS) is 11.4. The van der Waals surface area contributed by atoms with Gasteiger partial charge in [0.05, 0.1) is 0 Å². The quantitative estimate of drug-likeness (QED) is 0.541. The molecule has 2 rings (SSSR count). The minimum atomic E-state index is -5.12. The van der Waals surface area contributed by atoms with Gasteiger partial charge in [0.25, 0.3) is 5.91 Å². The van der Waals surface area contributed by atoms with E-state index < -0.39 is 18.1 Å². The lowest BCUT2D eigenvalue weighted by atomic mass is 10.1. The molecule has 0 fully saturated rings. The molecular weight excluding hydrogens is 361 g/mol. The zero-order chi connectivity index (χ0) is 19.7. The van der Waals surface area contributed by atoms with Crippen LogP contribution in [-0.4, -0.2) is 24.6 Å². The highest BCUT2D eigenvalue weighted by Gasteiger charge is 2.41. The molecule has 2 aromatic carbocycles. The first kappa shape index (κ1) is 20.7. The average Bonchev–Trinajstić information content (AvgIpc) is 2.64. The van der Waals surface area contributed by atoms with E-state index in [0.29, 0.717) is 6.42 Å². The molecule has 1 amide bonds. The molecule has 0 spiro atoms. The Kier molecular flexibility index (Phi) is 7.60. The third kappa shape index (κ3) is 7.26. The largest absolute Gasteiger partial charge is 0.493 e. The summed E-state index contributed by atoms with van der Waals surface area (Å²) in [5, 5.41) is 5.70. The maximum atomic E-state index is 11.9. The summed E-state index contributed by atoms with van der Waals surface area (Å²) in [5.74, 6) is -3.19. The van der Waals surface area contributed by atoms with E-state index in [9.17, 15) is 22.8 Å². The topological polar surface area (TPSA) is 67.4 Å². The first-order valence-electron chi connectivity index (χ1n) is 8.61. The molecule has 0 radical (unpaired) electrons. The summed E-state index contributed by atoms with van der Waals surface area (Å²) in [4.78, 5) is 25.4. The number of hydroxylamine groups is 1. The molecule has 0 bridgehead atoms. The molecule has 0 aromatic heterocycles. The van der Waals surface area contributed by atoms with Crippen LogP contribution in [0.15, 0.2) is 42.5 Å². The van der Waals surface area contributed by atoms with Gasteiger partial charge < -0.3 is 10.2 Å². The number of alkyl halides is 3. The fourth-order valence-electron chi connectivity index (χ4n) is 2.51. The number of carbonyl (C=O) groups excluding carboxylic acids is 2. The molecule has 27 heavy (non-hydrogen) atoms. The van der Waals surface area contributed by atoms with Gasteiger partial charge >= 0.3 is 12.1 Å². The van der Waals surface area contributed by atoms with Crippen LogP contribution in [0.4, 0.5) is 13.2 Å². The van der Waals surface area contributed by atoms with Crippen LogP contribution in [0.1, 0.15) is 31.2 Å². The van der Waals surface area contributed by atoms with Crippen LogP contribution in [0.25, 0.3) is 10.8 Å². The van der Waals surface area contributed by atoms with E-state index >= 15 is 0 Å². The van der Waals surface area contributed by atoms with E-state index in [2.05, 4.69) is 40.5 Å². The molecular formula is C19H21F3N2O3. The molecule has 0 aliphatic carbocycles. The molecule has 2 aromatic rings. The first-order valence-corrected chi connectivity index (χ1v) is 8.61. The minimum absolute atomic E-state index is 0.00416. The predicted octanol–water partition coefficient (Wildman–Crippen LogP) is 3.63. The smallest absolute Gasteiger partial charge is 0.332 e. The number of unbranched alkanes of at least 4 members (excludes halogenated alkanes) is 2. The molecule has 0 aliphatic heterocycles. The second kappa shape index (κ2) is 9.91. The Hall–Kier alpha value is -2.61. The highest BCUT2D eigenvalue weighted by atomic mass is 19.4. The lowest BCUT2D eigenvalue weighted by molar-refractivity contribution is -0.207. The summed E-state index contributed by atoms with van der Waals surface area (Å²) >= 11 is 0. The molecule has 8 heteroatoms. The number of halogens is 3. The number of nitrogens with one attached hydrogen (secondary N) is 2. The van der Waals surface area contributed by atoms with E-state index in [0.717, 1.165) is 25.9 Å². The van der Waals surface area contributed by atoms with Crippen molar-refractivity contribution in [2.24, 2.45) is 0 Å². The second-order valence-corrected chi connectivity index (χ2v) is 6.08. The SMILES string of the molecule is O=C(CCCCCNCc1ccc2ccccc2c1)NOC(=O)C(F)(F)F. The van der Waals surface area contributed by atoms with Gasteiger partial charge in [-0.3, -0.25) is 4.79 Å². The van der Waals surface area contributed by atoms with Crippen molar-refractivity contribution in [3.05, 3.63) is 48.0 Å². The Labute approximate surface area is 154 Å². The molecule has 0 aliphatic rings. The molecule has 0 unspecified atom stereocenters. The van der Waals surface area contributed by atoms with Crippen molar-refractivity contribution in [1.29, 1.82) is 0 Å². The summed E-state index contributed by atoms with van der Waals surface area (Å²) in [7, 11) is 0. The third-order valence-corrected chi connectivity index (χ3v) is 3.89. The van der Waals surface area contributed by atoms with Crippen LogP contribution in [0, 0.1) is 0 Å². The second-order valence-electron chi connectivity index (χ2n) is 6.08. The van der Waals surface area contributed by atoms with Gasteiger partial charge in [0.15, 0.2) is 0 Å². The Morgan fingerprint density at radius 3 is 2.44 bits per heavy atom. The van der Waals surface area contributed by atoms with Gasteiger partial charge in [0.1, 0.15) is 0 Å². The van der Waals surface area contributed by atoms with Gasteiger partial charge in [-0.25, -0.2) is 4.79 Å². The van der Waals surface area contributed by atoms with Crippen LogP contribution in [0.3, 0.4) is 0 Å². The summed E-state index contributed by atoms with van der Waals surface area (Å²) in [6, 6.07) is 14.4. The number of rotatable bonds is 8. The highest BCUT2D eigenvalue weighted by Crippen LogP contribution is 2.16. The summed E-state index contributed by atoms with van der Waals surface area (Å²) in [6.07, 6.45) is -3.08. The maximum absolute atomic E-state index is 11.9. The van der Waals surface area contributed by atoms with Gasteiger partial charge in [0, 0.05) is 13.0 Å². The molecule has 5 nitrogen and oxygen atoms in total. The molecule has 2 N–H and O–H groups in total. The van der Waals surface area contributed by atoms with Gasteiger partial charge in [-0.05, 0) is 41.8 Å². The molecule has 0 saturated carbocycles.